The molecule has 28 heavy (non-hydrogen) atoms. The van der Waals surface area contributed by atoms with E-state index in [2.05, 4.69) is 19.8 Å². The molecule has 7 nitrogen and oxygen atoms in total. The number of aromatic nitrogens is 4. The molecule has 3 aromatic heterocycles. The summed E-state index contributed by atoms with van der Waals surface area (Å²) in [6.45, 7) is 0. The monoisotopic (exact) mass is 413 g/mol. The summed E-state index contributed by atoms with van der Waals surface area (Å²) in [5.74, 6) is 0.197. The Morgan fingerprint density at radius 2 is 1.79 bits per heavy atom. The summed E-state index contributed by atoms with van der Waals surface area (Å²) >= 11 is 6.38. The maximum Gasteiger partial charge on any atom is 0.231 e. The highest BCUT2D eigenvalue weighted by Gasteiger charge is 2.19. The molecule has 0 aliphatic carbocycles. The number of aryl methyl sites for hydroxylation is 1. The van der Waals surface area contributed by atoms with Crippen LogP contribution < -0.4 is 4.72 Å². The average Bonchev–Trinajstić information content (AvgIpc) is 2.98. The second-order valence-corrected chi connectivity index (χ2v) is 8.52. The van der Waals surface area contributed by atoms with Crippen LogP contribution in [0.3, 0.4) is 0 Å². The van der Waals surface area contributed by atoms with Crippen LogP contribution >= 0.6 is 11.6 Å². The molecular formula is C19H16ClN5O2S. The van der Waals surface area contributed by atoms with E-state index in [-0.39, 0.29) is 5.82 Å². The summed E-state index contributed by atoms with van der Waals surface area (Å²) in [7, 11) is -1.75. The second-order valence-electron chi connectivity index (χ2n) is 6.37. The molecule has 1 aromatic carbocycles. The van der Waals surface area contributed by atoms with Gasteiger partial charge in [0.15, 0.2) is 5.82 Å². The zero-order chi connectivity index (χ0) is 19.9. The lowest BCUT2D eigenvalue weighted by molar-refractivity contribution is 0.606. The van der Waals surface area contributed by atoms with Crippen LogP contribution in [0.5, 0.6) is 0 Å². The number of rotatable bonds is 4. The topological polar surface area (TPSA) is 89.8 Å². The first-order chi connectivity index (χ1) is 13.3. The first kappa shape index (κ1) is 18.4. The molecule has 0 saturated heterocycles. The molecule has 4 aromatic rings. The van der Waals surface area contributed by atoms with Crippen molar-refractivity contribution in [1.82, 2.24) is 19.7 Å². The van der Waals surface area contributed by atoms with Crippen LogP contribution in [0.15, 0.2) is 55.1 Å². The molecule has 3 heterocycles. The Labute approximate surface area is 167 Å². The summed E-state index contributed by atoms with van der Waals surface area (Å²) in [6.07, 6.45) is 8.09. The van der Waals surface area contributed by atoms with E-state index >= 15 is 0 Å². The number of benzene rings is 1. The largest absolute Gasteiger partial charge is 0.266 e. The number of nitrogens with one attached hydrogen (secondary N) is 1. The van der Waals surface area contributed by atoms with E-state index in [9.17, 15) is 8.42 Å². The van der Waals surface area contributed by atoms with Crippen molar-refractivity contribution in [3.8, 4) is 22.3 Å². The number of anilines is 1. The highest BCUT2D eigenvalue weighted by Crippen LogP contribution is 2.37. The van der Waals surface area contributed by atoms with Crippen molar-refractivity contribution in [2.24, 2.45) is 7.05 Å². The molecule has 0 aliphatic heterocycles. The number of fused-ring (bicyclic) bond motifs is 1. The van der Waals surface area contributed by atoms with Gasteiger partial charge in [-0.25, -0.2) is 8.42 Å². The molecule has 0 saturated carbocycles. The quantitative estimate of drug-likeness (QED) is 0.550. The Morgan fingerprint density at radius 1 is 1.04 bits per heavy atom. The Balaban J connectivity index is 1.92. The van der Waals surface area contributed by atoms with E-state index in [1.165, 1.54) is 0 Å². The summed E-state index contributed by atoms with van der Waals surface area (Å²) in [6, 6.07) is 9.44. The first-order valence-electron chi connectivity index (χ1n) is 8.32. The van der Waals surface area contributed by atoms with Crippen molar-refractivity contribution in [2.75, 3.05) is 11.0 Å². The Morgan fingerprint density at radius 3 is 2.50 bits per heavy atom. The summed E-state index contributed by atoms with van der Waals surface area (Å²) < 4.78 is 27.4. The zero-order valence-corrected chi connectivity index (χ0v) is 16.7. The van der Waals surface area contributed by atoms with Crippen molar-refractivity contribution in [3.05, 3.63) is 60.1 Å². The van der Waals surface area contributed by atoms with Gasteiger partial charge in [0.1, 0.15) is 0 Å². The van der Waals surface area contributed by atoms with E-state index in [0.29, 0.717) is 15.9 Å². The smallest absolute Gasteiger partial charge is 0.231 e. The van der Waals surface area contributed by atoms with Gasteiger partial charge in [0.05, 0.1) is 22.2 Å². The van der Waals surface area contributed by atoms with Gasteiger partial charge < -0.3 is 0 Å². The van der Waals surface area contributed by atoms with Crippen LogP contribution in [0.2, 0.25) is 5.02 Å². The number of pyridine rings is 2. The minimum atomic E-state index is -3.50. The number of nitrogens with zero attached hydrogens (tertiary/aromatic N) is 4. The Hall–Kier alpha value is -2.97. The summed E-state index contributed by atoms with van der Waals surface area (Å²) in [5, 5.41) is 5.27. The molecule has 0 amide bonds. The molecule has 9 heteroatoms. The van der Waals surface area contributed by atoms with Crippen LogP contribution in [0.25, 0.3) is 33.2 Å². The van der Waals surface area contributed by atoms with Gasteiger partial charge in [-0.3, -0.25) is 19.4 Å². The fraction of sp³-hybridized carbons (Fsp3) is 0.105. The van der Waals surface area contributed by atoms with E-state index in [4.69, 9.17) is 11.6 Å². The number of halogens is 1. The van der Waals surface area contributed by atoms with Crippen LogP contribution in [-0.2, 0) is 17.1 Å². The Kier molecular flexibility index (Phi) is 4.52. The third kappa shape index (κ3) is 3.44. The van der Waals surface area contributed by atoms with Gasteiger partial charge in [-0.2, -0.15) is 5.10 Å². The summed E-state index contributed by atoms with van der Waals surface area (Å²) in [4.78, 5) is 8.51. The molecular weight excluding hydrogens is 398 g/mol. The average molecular weight is 414 g/mol. The van der Waals surface area contributed by atoms with E-state index in [1.54, 1.807) is 42.6 Å². The van der Waals surface area contributed by atoms with Gasteiger partial charge in [-0.1, -0.05) is 23.7 Å². The number of sulfonamides is 1. The Bertz CT molecular complexity index is 1290. The summed E-state index contributed by atoms with van der Waals surface area (Å²) in [5.41, 5.74) is 4.28. The molecule has 0 unspecified atom stereocenters. The molecule has 142 valence electrons. The predicted octanol–water partition coefficient (Wildman–Crippen LogP) is 3.72. The number of hydrogen-bond acceptors (Lipinski definition) is 5. The van der Waals surface area contributed by atoms with Gasteiger partial charge >= 0.3 is 0 Å². The lowest BCUT2D eigenvalue weighted by atomic mass is 10.0. The van der Waals surface area contributed by atoms with Crippen LogP contribution in [-0.4, -0.2) is 34.4 Å². The van der Waals surface area contributed by atoms with Gasteiger partial charge in [0.25, 0.3) is 0 Å². The van der Waals surface area contributed by atoms with Gasteiger partial charge in [-0.05, 0) is 18.2 Å². The van der Waals surface area contributed by atoms with E-state index in [1.807, 2.05) is 24.3 Å². The minimum Gasteiger partial charge on any atom is -0.266 e. The molecule has 0 aliphatic rings. The maximum absolute atomic E-state index is 11.7. The first-order valence-corrected chi connectivity index (χ1v) is 10.6. The molecule has 0 fully saturated rings. The zero-order valence-electron chi connectivity index (χ0n) is 15.1. The molecule has 0 radical (unpaired) electrons. The molecule has 0 atom stereocenters. The van der Waals surface area contributed by atoms with E-state index < -0.39 is 10.0 Å². The van der Waals surface area contributed by atoms with Crippen LogP contribution in [0.1, 0.15) is 0 Å². The lowest BCUT2D eigenvalue weighted by Gasteiger charge is -2.09. The number of hydrogen-bond donors (Lipinski definition) is 1. The third-order valence-corrected chi connectivity index (χ3v) is 5.14. The highest BCUT2D eigenvalue weighted by molar-refractivity contribution is 7.92. The molecule has 4 rings (SSSR count). The van der Waals surface area contributed by atoms with Crippen LogP contribution in [0.4, 0.5) is 5.82 Å². The molecule has 0 bridgehead atoms. The standard InChI is InChI=1S/C19H16ClN5O2S/c1-25-18-15(5-6-16(20)17(18)19(23-25)24-28(2,26)27)14-8-13(10-22-11-14)12-4-3-7-21-9-12/h3-11H,1-2H3,(H,23,24). The SMILES string of the molecule is Cn1nc(NS(C)(=O)=O)c2c(Cl)ccc(-c3cncc(-c4cccnc4)c3)c21. The normalized spacial score (nSPS) is 11.7. The van der Waals surface area contributed by atoms with Crippen molar-refractivity contribution in [3.63, 3.8) is 0 Å². The highest BCUT2D eigenvalue weighted by atomic mass is 35.5. The molecule has 1 N–H and O–H groups in total. The fourth-order valence-corrected chi connectivity index (χ4v) is 3.87. The minimum absolute atomic E-state index is 0.197. The van der Waals surface area contributed by atoms with Crippen molar-refractivity contribution in [2.45, 2.75) is 0 Å². The van der Waals surface area contributed by atoms with Crippen LogP contribution in [0, 0.1) is 0 Å². The van der Waals surface area contributed by atoms with E-state index in [0.717, 1.165) is 28.5 Å². The van der Waals surface area contributed by atoms with Gasteiger partial charge in [-0.15, -0.1) is 0 Å². The fourth-order valence-electron chi connectivity index (χ4n) is 3.14. The predicted molar refractivity (Wildman–Crippen MR) is 111 cm³/mol. The van der Waals surface area contributed by atoms with Crippen molar-refractivity contribution < 1.29 is 8.42 Å². The molecule has 0 spiro atoms. The lowest BCUT2D eigenvalue weighted by Crippen LogP contribution is -2.10. The third-order valence-electron chi connectivity index (χ3n) is 4.26. The van der Waals surface area contributed by atoms with Gasteiger partial charge in [0, 0.05) is 54.1 Å². The van der Waals surface area contributed by atoms with Crippen molar-refractivity contribution in [1.29, 1.82) is 0 Å². The van der Waals surface area contributed by atoms with Gasteiger partial charge in [0.2, 0.25) is 10.0 Å². The second kappa shape index (κ2) is 6.88. The van der Waals surface area contributed by atoms with Crippen molar-refractivity contribution >= 4 is 38.3 Å². The maximum atomic E-state index is 11.7.